The van der Waals surface area contributed by atoms with Crippen molar-refractivity contribution in [1.82, 2.24) is 29.7 Å². The molecule has 1 saturated heterocycles. The molecule has 0 spiro atoms. The van der Waals surface area contributed by atoms with Crippen molar-refractivity contribution in [3.63, 3.8) is 0 Å². The number of carbonyl (C=O) groups is 1. The lowest BCUT2D eigenvalue weighted by atomic mass is 9.81. The van der Waals surface area contributed by atoms with Crippen molar-refractivity contribution in [3.8, 4) is 16.9 Å². The molecule has 1 fully saturated rings. The summed E-state index contributed by atoms with van der Waals surface area (Å²) in [6, 6.07) is 3.65. The van der Waals surface area contributed by atoms with Crippen LogP contribution in [0.25, 0.3) is 16.9 Å². The van der Waals surface area contributed by atoms with Crippen LogP contribution in [0.5, 0.6) is 0 Å². The molecule has 4 aromatic rings. The summed E-state index contributed by atoms with van der Waals surface area (Å²) in [6.07, 6.45) is 0.0963. The lowest BCUT2D eigenvalue weighted by Crippen LogP contribution is -2.50. The monoisotopic (exact) mass is 546 g/mol. The predicted molar refractivity (Wildman–Crippen MR) is 125 cm³/mol. The maximum Gasteiger partial charge on any atom is 0.416 e. The second kappa shape index (κ2) is 8.95. The van der Waals surface area contributed by atoms with Crippen LogP contribution >= 0.6 is 0 Å². The third kappa shape index (κ3) is 4.07. The molecule has 6 rings (SSSR count). The molecule has 2 aliphatic heterocycles. The van der Waals surface area contributed by atoms with Gasteiger partial charge < -0.3 is 4.90 Å². The predicted octanol–water partition coefficient (Wildman–Crippen LogP) is 5.40. The van der Waals surface area contributed by atoms with Gasteiger partial charge >= 0.3 is 6.18 Å². The quantitative estimate of drug-likeness (QED) is 0.255. The van der Waals surface area contributed by atoms with E-state index in [1.54, 1.807) is 11.9 Å². The first-order valence-electron chi connectivity index (χ1n) is 12.2. The van der Waals surface area contributed by atoms with Crippen LogP contribution in [-0.2, 0) is 19.6 Å². The van der Waals surface area contributed by atoms with Gasteiger partial charge in [-0.2, -0.15) is 33.3 Å². The molecular formula is C26H20F6N6O. The summed E-state index contributed by atoms with van der Waals surface area (Å²) in [4.78, 5) is 16.7. The molecule has 0 aliphatic carbocycles. The van der Waals surface area contributed by atoms with Crippen molar-refractivity contribution >= 4 is 5.91 Å². The Bertz CT molecular complexity index is 1570. The van der Waals surface area contributed by atoms with Gasteiger partial charge in [0, 0.05) is 24.2 Å². The van der Waals surface area contributed by atoms with E-state index >= 15 is 0 Å². The van der Waals surface area contributed by atoms with Gasteiger partial charge in [-0.15, -0.1) is 0 Å². The molecule has 0 radical (unpaired) electrons. The number of alkyl halides is 3. The van der Waals surface area contributed by atoms with Crippen LogP contribution < -0.4 is 0 Å². The highest BCUT2D eigenvalue weighted by atomic mass is 19.4. The Kier molecular flexibility index (Phi) is 5.77. The van der Waals surface area contributed by atoms with Gasteiger partial charge in [0.1, 0.15) is 0 Å². The fourth-order valence-electron chi connectivity index (χ4n) is 5.74. The Hall–Kier alpha value is -4.16. The number of fused-ring (bicyclic) bond motifs is 4. The van der Waals surface area contributed by atoms with Crippen molar-refractivity contribution in [3.05, 3.63) is 82.6 Å². The second-order valence-corrected chi connectivity index (χ2v) is 9.66. The maximum atomic E-state index is 14.1. The van der Waals surface area contributed by atoms with Gasteiger partial charge in [0.25, 0.3) is 5.91 Å². The molecule has 0 N–H and O–H groups in total. The molecule has 4 heterocycles. The number of carbonyl (C=O) groups excluding carboxylic acids is 1. The van der Waals surface area contributed by atoms with Crippen LogP contribution in [0.3, 0.4) is 0 Å². The summed E-state index contributed by atoms with van der Waals surface area (Å²) in [5, 5.41) is 12.5. The summed E-state index contributed by atoms with van der Waals surface area (Å²) in [5.41, 5.74) is 0.566. The maximum absolute atomic E-state index is 14.1. The molecule has 2 atom stereocenters. The molecule has 2 unspecified atom stereocenters. The summed E-state index contributed by atoms with van der Waals surface area (Å²) < 4.78 is 84.0. The number of halogens is 6. The van der Waals surface area contributed by atoms with Gasteiger partial charge in [0.05, 0.1) is 46.6 Å². The highest BCUT2D eigenvalue weighted by molar-refractivity contribution is 5.98. The lowest BCUT2D eigenvalue weighted by Gasteiger charge is -2.45. The fourth-order valence-corrected chi connectivity index (χ4v) is 5.74. The molecule has 0 saturated carbocycles. The second-order valence-electron chi connectivity index (χ2n) is 9.66. The average molecular weight is 546 g/mol. The number of nitrogens with zero attached hydrogens (tertiary/aromatic N) is 6. The molecule has 202 valence electrons. The van der Waals surface area contributed by atoms with E-state index in [1.807, 2.05) is 0 Å². The minimum absolute atomic E-state index is 0.0980. The zero-order valence-corrected chi connectivity index (χ0v) is 20.4. The number of amides is 1. The van der Waals surface area contributed by atoms with Gasteiger partial charge in [0.15, 0.2) is 17.5 Å². The Morgan fingerprint density at radius 1 is 1.00 bits per heavy atom. The van der Waals surface area contributed by atoms with Crippen molar-refractivity contribution in [2.75, 3.05) is 0 Å². The molecule has 7 nitrogen and oxygen atoms in total. The van der Waals surface area contributed by atoms with Crippen molar-refractivity contribution in [2.45, 2.75) is 43.9 Å². The zero-order valence-electron chi connectivity index (χ0n) is 20.4. The smallest absolute Gasteiger partial charge is 0.327 e. The number of piperidine rings is 1. The number of benzene rings is 2. The molecule has 1 amide bonds. The summed E-state index contributed by atoms with van der Waals surface area (Å²) in [6.45, 7) is 0. The molecule has 2 bridgehead atoms. The number of aromatic nitrogens is 5. The summed E-state index contributed by atoms with van der Waals surface area (Å²) in [5.74, 6) is -4.87. The van der Waals surface area contributed by atoms with Crippen LogP contribution in [0, 0.1) is 17.5 Å². The topological polar surface area (TPSA) is 68.8 Å². The van der Waals surface area contributed by atoms with Gasteiger partial charge in [-0.1, -0.05) is 0 Å². The van der Waals surface area contributed by atoms with Gasteiger partial charge in [-0.25, -0.2) is 13.2 Å². The number of rotatable bonds is 3. The third-order valence-corrected chi connectivity index (χ3v) is 7.36. The first-order chi connectivity index (χ1) is 18.5. The molecule has 2 aliphatic rings. The molecular weight excluding hydrogens is 526 g/mol. The van der Waals surface area contributed by atoms with E-state index in [1.165, 1.54) is 17.1 Å². The van der Waals surface area contributed by atoms with Crippen molar-refractivity contribution < 1.29 is 31.1 Å². The largest absolute Gasteiger partial charge is 0.416 e. The molecule has 2 aromatic heterocycles. The minimum Gasteiger partial charge on any atom is -0.327 e. The Morgan fingerprint density at radius 3 is 2.36 bits per heavy atom. The van der Waals surface area contributed by atoms with Crippen molar-refractivity contribution in [2.24, 2.45) is 7.05 Å². The van der Waals surface area contributed by atoms with Crippen molar-refractivity contribution in [1.29, 1.82) is 0 Å². The Morgan fingerprint density at radius 2 is 1.69 bits per heavy atom. The summed E-state index contributed by atoms with van der Waals surface area (Å²) in [7, 11) is 1.58. The van der Waals surface area contributed by atoms with E-state index < -0.39 is 47.2 Å². The normalized spacial score (nSPS) is 18.8. The summed E-state index contributed by atoms with van der Waals surface area (Å²) >= 11 is 0. The van der Waals surface area contributed by atoms with E-state index in [4.69, 9.17) is 0 Å². The highest BCUT2D eigenvalue weighted by Crippen LogP contribution is 2.46. The molecule has 2 aromatic carbocycles. The standard InChI is InChI=1S/C26H20F6N6O/c1-36-24(13-9-18(27)22(29)19(28)10-13)17-12-15-3-2-4-21(23(17)35-36)37(15)25(39)16-11-14(26(30,31)32)5-6-20(16)38-33-7-8-34-38/h5-11,15,21H,2-4,12H2,1H3. The molecule has 39 heavy (non-hydrogen) atoms. The van der Waals surface area contributed by atoms with Crippen LogP contribution in [-0.4, -0.2) is 41.6 Å². The Balaban J connectivity index is 1.46. The van der Waals surface area contributed by atoms with Crippen LogP contribution in [0.15, 0.2) is 42.7 Å². The van der Waals surface area contributed by atoms with Crippen LogP contribution in [0.1, 0.15) is 52.5 Å². The van der Waals surface area contributed by atoms with E-state index in [0.29, 0.717) is 29.8 Å². The zero-order chi connectivity index (χ0) is 27.6. The van der Waals surface area contributed by atoms with E-state index in [9.17, 15) is 31.1 Å². The van der Waals surface area contributed by atoms with Crippen LogP contribution in [0.4, 0.5) is 26.3 Å². The average Bonchev–Trinajstić information content (AvgIpc) is 3.53. The van der Waals surface area contributed by atoms with E-state index in [-0.39, 0.29) is 23.2 Å². The first-order valence-corrected chi connectivity index (χ1v) is 12.2. The number of aryl methyl sites for hydroxylation is 1. The van der Waals surface area contributed by atoms with Gasteiger partial charge in [0.2, 0.25) is 0 Å². The Labute approximate surface area is 217 Å². The molecule has 13 heteroatoms. The first kappa shape index (κ1) is 25.1. The highest BCUT2D eigenvalue weighted by Gasteiger charge is 2.44. The van der Waals surface area contributed by atoms with E-state index in [2.05, 4.69) is 15.3 Å². The van der Waals surface area contributed by atoms with Gasteiger partial charge in [-0.05, 0) is 56.0 Å². The fraction of sp³-hybridized carbons (Fsp3) is 0.308. The van der Waals surface area contributed by atoms with Gasteiger partial charge in [-0.3, -0.25) is 9.48 Å². The third-order valence-electron chi connectivity index (χ3n) is 7.36. The lowest BCUT2D eigenvalue weighted by molar-refractivity contribution is -0.137. The van der Waals surface area contributed by atoms with E-state index in [0.717, 1.165) is 41.5 Å². The number of hydrogen-bond donors (Lipinski definition) is 0. The number of hydrogen-bond acceptors (Lipinski definition) is 4. The van der Waals surface area contributed by atoms with Crippen LogP contribution in [0.2, 0.25) is 0 Å². The SMILES string of the molecule is Cn1nc2c(c1-c1cc(F)c(F)c(F)c1)CC1CCCC2N1C(=O)c1cc(C(F)(F)F)ccc1-n1nccn1. The minimum atomic E-state index is -4.67.